The van der Waals surface area contributed by atoms with Gasteiger partial charge in [-0.05, 0) is 31.0 Å². The average Bonchev–Trinajstić information content (AvgIpc) is 2.17. The molecule has 1 atom stereocenters. The first-order valence-electron chi connectivity index (χ1n) is 4.29. The average molecular weight is 180 g/mol. The number of rotatable bonds is 3. The van der Waals surface area contributed by atoms with Crippen molar-refractivity contribution >= 4 is 0 Å². The van der Waals surface area contributed by atoms with Crippen molar-refractivity contribution < 1.29 is 4.74 Å². The van der Waals surface area contributed by atoms with Crippen LogP contribution >= 0.6 is 0 Å². The fourth-order valence-corrected chi connectivity index (χ4v) is 1.20. The molecule has 0 bridgehead atoms. The summed E-state index contributed by atoms with van der Waals surface area (Å²) in [7, 11) is 1.67. The number of nitrogens with two attached hydrogens (primary N) is 1. The van der Waals surface area contributed by atoms with Gasteiger partial charge in [0.15, 0.2) is 0 Å². The summed E-state index contributed by atoms with van der Waals surface area (Å²) >= 11 is 0. The molecule has 0 aliphatic heterocycles. The number of nitrogens with one attached hydrogen (secondary N) is 1. The van der Waals surface area contributed by atoms with E-state index in [1.54, 1.807) is 7.11 Å². The van der Waals surface area contributed by atoms with E-state index in [2.05, 4.69) is 5.43 Å². The van der Waals surface area contributed by atoms with E-state index in [1.807, 2.05) is 32.0 Å². The lowest BCUT2D eigenvalue weighted by Crippen LogP contribution is -2.25. The molecule has 0 amide bonds. The standard InChI is InChI=1S/C10H16N2O/c1-7-4-5-9(8(2)12-11)6-10(7)13-3/h4-6,8,12H,11H2,1-3H3. The van der Waals surface area contributed by atoms with Crippen LogP contribution in [-0.2, 0) is 0 Å². The van der Waals surface area contributed by atoms with Gasteiger partial charge in [0.25, 0.3) is 0 Å². The summed E-state index contributed by atoms with van der Waals surface area (Å²) in [5, 5.41) is 0. The summed E-state index contributed by atoms with van der Waals surface area (Å²) in [6.07, 6.45) is 0. The van der Waals surface area contributed by atoms with E-state index in [1.165, 1.54) is 0 Å². The number of aryl methyl sites for hydroxylation is 1. The Morgan fingerprint density at radius 1 is 1.46 bits per heavy atom. The predicted molar refractivity (Wildman–Crippen MR) is 53.5 cm³/mol. The maximum absolute atomic E-state index is 5.34. The van der Waals surface area contributed by atoms with Crippen molar-refractivity contribution in [2.75, 3.05) is 7.11 Å². The van der Waals surface area contributed by atoms with Crippen molar-refractivity contribution in [2.45, 2.75) is 19.9 Å². The first-order chi connectivity index (χ1) is 6.19. The molecule has 1 aromatic carbocycles. The zero-order valence-corrected chi connectivity index (χ0v) is 8.29. The second kappa shape index (κ2) is 4.25. The number of ether oxygens (including phenoxy) is 1. The molecule has 3 N–H and O–H groups in total. The van der Waals surface area contributed by atoms with E-state index in [0.717, 1.165) is 16.9 Å². The first kappa shape index (κ1) is 10.0. The minimum absolute atomic E-state index is 0.148. The smallest absolute Gasteiger partial charge is 0.122 e. The second-order valence-corrected chi connectivity index (χ2v) is 3.12. The van der Waals surface area contributed by atoms with Crippen LogP contribution in [0.1, 0.15) is 24.1 Å². The lowest BCUT2D eigenvalue weighted by molar-refractivity contribution is 0.410. The minimum Gasteiger partial charge on any atom is -0.496 e. The maximum Gasteiger partial charge on any atom is 0.122 e. The SMILES string of the molecule is COc1cc(C(C)NN)ccc1C. The lowest BCUT2D eigenvalue weighted by Gasteiger charge is -2.12. The van der Waals surface area contributed by atoms with Gasteiger partial charge in [-0.3, -0.25) is 11.3 Å². The Balaban J connectivity index is 2.99. The number of hydrogen-bond donors (Lipinski definition) is 2. The topological polar surface area (TPSA) is 47.3 Å². The molecule has 3 nitrogen and oxygen atoms in total. The first-order valence-corrected chi connectivity index (χ1v) is 4.29. The minimum atomic E-state index is 0.148. The summed E-state index contributed by atoms with van der Waals surface area (Å²) < 4.78 is 5.21. The van der Waals surface area contributed by atoms with E-state index in [-0.39, 0.29) is 6.04 Å². The fourth-order valence-electron chi connectivity index (χ4n) is 1.20. The van der Waals surface area contributed by atoms with Crippen molar-refractivity contribution in [3.05, 3.63) is 29.3 Å². The van der Waals surface area contributed by atoms with Crippen LogP contribution in [-0.4, -0.2) is 7.11 Å². The molecule has 13 heavy (non-hydrogen) atoms. The predicted octanol–water partition coefficient (Wildman–Crippen LogP) is 1.53. The molecule has 0 radical (unpaired) electrons. The molecule has 0 heterocycles. The monoisotopic (exact) mass is 180 g/mol. The van der Waals surface area contributed by atoms with Gasteiger partial charge in [0.2, 0.25) is 0 Å². The third-order valence-corrected chi connectivity index (χ3v) is 2.18. The summed E-state index contributed by atoms with van der Waals surface area (Å²) in [4.78, 5) is 0. The Morgan fingerprint density at radius 2 is 2.15 bits per heavy atom. The summed E-state index contributed by atoms with van der Waals surface area (Å²) in [6, 6.07) is 6.22. The van der Waals surface area contributed by atoms with Crippen molar-refractivity contribution in [2.24, 2.45) is 5.84 Å². The molecule has 0 fully saturated rings. The molecule has 0 aliphatic carbocycles. The molecular weight excluding hydrogens is 164 g/mol. The molecule has 0 aromatic heterocycles. The summed E-state index contributed by atoms with van der Waals surface area (Å²) in [6.45, 7) is 4.02. The van der Waals surface area contributed by atoms with E-state index < -0.39 is 0 Å². The molecule has 0 saturated heterocycles. The molecule has 1 aromatic rings. The van der Waals surface area contributed by atoms with Gasteiger partial charge in [0.05, 0.1) is 7.11 Å². The number of hydrazine groups is 1. The molecule has 1 unspecified atom stereocenters. The molecule has 0 saturated carbocycles. The van der Waals surface area contributed by atoms with Crippen LogP contribution < -0.4 is 16.0 Å². The van der Waals surface area contributed by atoms with Gasteiger partial charge in [0, 0.05) is 6.04 Å². The van der Waals surface area contributed by atoms with Crippen LogP contribution in [0, 0.1) is 6.92 Å². The normalized spacial score (nSPS) is 12.6. The van der Waals surface area contributed by atoms with Gasteiger partial charge < -0.3 is 4.74 Å². The Bertz CT molecular complexity index is 286. The molecule has 3 heteroatoms. The van der Waals surface area contributed by atoms with Crippen LogP contribution in [0.2, 0.25) is 0 Å². The number of hydrogen-bond acceptors (Lipinski definition) is 3. The van der Waals surface area contributed by atoms with Gasteiger partial charge in [-0.15, -0.1) is 0 Å². The second-order valence-electron chi connectivity index (χ2n) is 3.12. The van der Waals surface area contributed by atoms with Gasteiger partial charge >= 0.3 is 0 Å². The number of methoxy groups -OCH3 is 1. The van der Waals surface area contributed by atoms with Crippen molar-refractivity contribution in [1.29, 1.82) is 0 Å². The lowest BCUT2D eigenvalue weighted by atomic mass is 10.1. The largest absolute Gasteiger partial charge is 0.496 e. The highest BCUT2D eigenvalue weighted by molar-refractivity contribution is 5.37. The van der Waals surface area contributed by atoms with E-state index in [9.17, 15) is 0 Å². The van der Waals surface area contributed by atoms with Gasteiger partial charge in [-0.1, -0.05) is 12.1 Å². The maximum atomic E-state index is 5.34. The quantitative estimate of drug-likeness (QED) is 0.547. The van der Waals surface area contributed by atoms with Gasteiger partial charge in [-0.25, -0.2) is 0 Å². The van der Waals surface area contributed by atoms with Crippen molar-refractivity contribution in [3.8, 4) is 5.75 Å². The van der Waals surface area contributed by atoms with Gasteiger partial charge in [0.1, 0.15) is 5.75 Å². The molecular formula is C10H16N2O. The zero-order valence-electron chi connectivity index (χ0n) is 8.29. The highest BCUT2D eigenvalue weighted by Crippen LogP contribution is 2.22. The van der Waals surface area contributed by atoms with Crippen LogP contribution in [0.25, 0.3) is 0 Å². The number of benzene rings is 1. The van der Waals surface area contributed by atoms with E-state index in [4.69, 9.17) is 10.6 Å². The molecule has 72 valence electrons. The summed E-state index contributed by atoms with van der Waals surface area (Å²) in [5.41, 5.74) is 4.96. The van der Waals surface area contributed by atoms with E-state index in [0.29, 0.717) is 0 Å². The van der Waals surface area contributed by atoms with Crippen LogP contribution in [0.4, 0.5) is 0 Å². The van der Waals surface area contributed by atoms with Crippen LogP contribution in [0.5, 0.6) is 5.75 Å². The van der Waals surface area contributed by atoms with Crippen LogP contribution in [0.3, 0.4) is 0 Å². The third kappa shape index (κ3) is 2.20. The van der Waals surface area contributed by atoms with Gasteiger partial charge in [-0.2, -0.15) is 0 Å². The highest BCUT2D eigenvalue weighted by atomic mass is 16.5. The van der Waals surface area contributed by atoms with E-state index >= 15 is 0 Å². The zero-order chi connectivity index (χ0) is 9.84. The summed E-state index contributed by atoms with van der Waals surface area (Å²) in [5.74, 6) is 6.25. The Labute approximate surface area is 78.9 Å². The van der Waals surface area contributed by atoms with Crippen molar-refractivity contribution in [3.63, 3.8) is 0 Å². The fraction of sp³-hybridized carbons (Fsp3) is 0.400. The Morgan fingerprint density at radius 3 is 2.69 bits per heavy atom. The highest BCUT2D eigenvalue weighted by Gasteiger charge is 2.05. The van der Waals surface area contributed by atoms with Crippen LogP contribution in [0.15, 0.2) is 18.2 Å². The molecule has 1 rings (SSSR count). The Hall–Kier alpha value is -1.06. The molecule has 0 aliphatic rings. The Kier molecular flexibility index (Phi) is 3.28. The van der Waals surface area contributed by atoms with Crippen molar-refractivity contribution in [1.82, 2.24) is 5.43 Å². The molecule has 0 spiro atoms. The third-order valence-electron chi connectivity index (χ3n) is 2.18.